The molecule has 0 spiro atoms. The molecule has 1 atom stereocenters. The summed E-state index contributed by atoms with van der Waals surface area (Å²) in [5.41, 5.74) is 10.9. The van der Waals surface area contributed by atoms with Crippen LogP contribution in [0.1, 0.15) is 50.2 Å². The average Bonchev–Trinajstić information content (AvgIpc) is 2.89. The highest BCUT2D eigenvalue weighted by Crippen LogP contribution is 2.23. The van der Waals surface area contributed by atoms with E-state index >= 15 is 0 Å². The number of para-hydroxylation sites is 1. The Bertz CT molecular complexity index is 543. The minimum atomic E-state index is 0.0650. The summed E-state index contributed by atoms with van der Waals surface area (Å²) in [4.78, 5) is 0. The third-order valence-corrected chi connectivity index (χ3v) is 3.56. The molecule has 2 aromatic rings. The molecule has 2 N–H and O–H groups in total. The van der Waals surface area contributed by atoms with Crippen molar-refractivity contribution in [3.05, 3.63) is 47.3 Å². The van der Waals surface area contributed by atoms with E-state index in [1.807, 2.05) is 12.1 Å². The Morgan fingerprint density at radius 2 is 1.89 bits per heavy atom. The smallest absolute Gasteiger partial charge is 0.0696 e. The molecule has 102 valence electrons. The van der Waals surface area contributed by atoms with Gasteiger partial charge in [0.25, 0.3) is 0 Å². The molecule has 2 rings (SSSR count). The SMILES string of the molecule is CCc1cc(CC)n(-c2ccccc2[C@H](N)CC)n1. The van der Waals surface area contributed by atoms with E-state index < -0.39 is 0 Å². The summed E-state index contributed by atoms with van der Waals surface area (Å²) in [6.45, 7) is 6.41. The number of aryl methyl sites for hydroxylation is 2. The van der Waals surface area contributed by atoms with E-state index in [0.717, 1.165) is 30.6 Å². The van der Waals surface area contributed by atoms with Gasteiger partial charge < -0.3 is 5.73 Å². The highest BCUT2D eigenvalue weighted by molar-refractivity contribution is 5.43. The van der Waals surface area contributed by atoms with Crippen molar-refractivity contribution in [1.82, 2.24) is 9.78 Å². The average molecular weight is 257 g/mol. The molecule has 0 saturated heterocycles. The van der Waals surface area contributed by atoms with Crippen LogP contribution in [0.25, 0.3) is 5.69 Å². The number of nitrogens with two attached hydrogens (primary N) is 1. The maximum atomic E-state index is 6.22. The summed E-state index contributed by atoms with van der Waals surface area (Å²) in [7, 11) is 0. The van der Waals surface area contributed by atoms with Crippen molar-refractivity contribution in [3.8, 4) is 5.69 Å². The van der Waals surface area contributed by atoms with Crippen LogP contribution in [0.15, 0.2) is 30.3 Å². The second-order valence-electron chi connectivity index (χ2n) is 4.82. The molecule has 19 heavy (non-hydrogen) atoms. The first kappa shape index (κ1) is 13.8. The molecule has 3 heteroatoms. The topological polar surface area (TPSA) is 43.8 Å². The number of hydrogen-bond donors (Lipinski definition) is 1. The van der Waals surface area contributed by atoms with Crippen molar-refractivity contribution in [1.29, 1.82) is 0 Å². The fraction of sp³-hybridized carbons (Fsp3) is 0.438. The second kappa shape index (κ2) is 6.02. The Balaban J connectivity index is 2.55. The predicted octanol–water partition coefficient (Wildman–Crippen LogP) is 3.41. The molecule has 0 aliphatic rings. The van der Waals surface area contributed by atoms with Crippen LogP contribution in [0.2, 0.25) is 0 Å². The normalized spacial score (nSPS) is 12.6. The van der Waals surface area contributed by atoms with E-state index in [4.69, 9.17) is 10.8 Å². The van der Waals surface area contributed by atoms with E-state index in [-0.39, 0.29) is 6.04 Å². The molecular formula is C16H23N3. The summed E-state index contributed by atoms with van der Waals surface area (Å²) < 4.78 is 2.06. The molecule has 1 heterocycles. The van der Waals surface area contributed by atoms with E-state index in [9.17, 15) is 0 Å². The van der Waals surface area contributed by atoms with Crippen LogP contribution in [0.4, 0.5) is 0 Å². The van der Waals surface area contributed by atoms with Gasteiger partial charge in [0, 0.05) is 11.7 Å². The summed E-state index contributed by atoms with van der Waals surface area (Å²) in [5.74, 6) is 0. The minimum Gasteiger partial charge on any atom is -0.324 e. The van der Waals surface area contributed by atoms with Crippen LogP contribution >= 0.6 is 0 Å². The van der Waals surface area contributed by atoms with Crippen LogP contribution in [-0.4, -0.2) is 9.78 Å². The van der Waals surface area contributed by atoms with E-state index in [0.29, 0.717) is 0 Å². The highest BCUT2D eigenvalue weighted by atomic mass is 15.3. The van der Waals surface area contributed by atoms with Crippen molar-refractivity contribution in [2.45, 2.75) is 46.1 Å². The molecule has 0 radical (unpaired) electrons. The standard InChI is InChI=1S/C16H23N3/c1-4-12-11-13(5-2)19(18-12)16-10-8-7-9-14(16)15(17)6-3/h7-11,15H,4-6,17H2,1-3H3/t15-/m1/s1. The predicted molar refractivity (Wildman–Crippen MR) is 79.5 cm³/mol. The lowest BCUT2D eigenvalue weighted by Crippen LogP contribution is -2.14. The quantitative estimate of drug-likeness (QED) is 0.892. The van der Waals surface area contributed by atoms with Crippen LogP contribution in [-0.2, 0) is 12.8 Å². The van der Waals surface area contributed by atoms with Gasteiger partial charge in [0.15, 0.2) is 0 Å². The largest absolute Gasteiger partial charge is 0.324 e. The maximum Gasteiger partial charge on any atom is 0.0696 e. The molecule has 1 aromatic heterocycles. The van der Waals surface area contributed by atoms with Crippen LogP contribution < -0.4 is 5.73 Å². The summed E-state index contributed by atoms with van der Waals surface area (Å²) in [5, 5.41) is 4.71. The Labute approximate surface area is 115 Å². The molecule has 1 aromatic carbocycles. The van der Waals surface area contributed by atoms with Gasteiger partial charge in [0.05, 0.1) is 11.4 Å². The first-order chi connectivity index (χ1) is 9.21. The zero-order valence-electron chi connectivity index (χ0n) is 12.1. The third-order valence-electron chi connectivity index (χ3n) is 3.56. The summed E-state index contributed by atoms with van der Waals surface area (Å²) in [6.07, 6.45) is 2.87. The Morgan fingerprint density at radius 3 is 2.53 bits per heavy atom. The molecule has 0 bridgehead atoms. The minimum absolute atomic E-state index is 0.0650. The van der Waals surface area contributed by atoms with Gasteiger partial charge >= 0.3 is 0 Å². The molecule has 3 nitrogen and oxygen atoms in total. The van der Waals surface area contributed by atoms with Crippen molar-refractivity contribution in [2.24, 2.45) is 5.73 Å². The first-order valence-corrected chi connectivity index (χ1v) is 7.13. The second-order valence-corrected chi connectivity index (χ2v) is 4.82. The fourth-order valence-electron chi connectivity index (χ4n) is 2.32. The van der Waals surface area contributed by atoms with Crippen LogP contribution in [0, 0.1) is 0 Å². The van der Waals surface area contributed by atoms with Gasteiger partial charge in [-0.15, -0.1) is 0 Å². The molecule has 0 saturated carbocycles. The zero-order valence-corrected chi connectivity index (χ0v) is 12.1. The van der Waals surface area contributed by atoms with Crippen LogP contribution in [0.3, 0.4) is 0 Å². The Hall–Kier alpha value is -1.61. The molecule has 0 unspecified atom stereocenters. The highest BCUT2D eigenvalue weighted by Gasteiger charge is 2.14. The number of benzene rings is 1. The molecule has 0 aliphatic carbocycles. The van der Waals surface area contributed by atoms with Gasteiger partial charge in [-0.2, -0.15) is 5.10 Å². The maximum absolute atomic E-state index is 6.22. The van der Waals surface area contributed by atoms with E-state index in [1.165, 1.54) is 11.3 Å². The van der Waals surface area contributed by atoms with Gasteiger partial charge in [-0.05, 0) is 37.0 Å². The lowest BCUT2D eigenvalue weighted by molar-refractivity contribution is 0.680. The monoisotopic (exact) mass is 257 g/mol. The fourth-order valence-corrected chi connectivity index (χ4v) is 2.32. The van der Waals surface area contributed by atoms with Gasteiger partial charge in [-0.3, -0.25) is 0 Å². The van der Waals surface area contributed by atoms with Gasteiger partial charge in [-0.25, -0.2) is 4.68 Å². The molecule has 0 amide bonds. The van der Waals surface area contributed by atoms with Crippen molar-refractivity contribution >= 4 is 0 Å². The number of nitrogens with zero attached hydrogens (tertiary/aromatic N) is 2. The van der Waals surface area contributed by atoms with Crippen molar-refractivity contribution in [3.63, 3.8) is 0 Å². The summed E-state index contributed by atoms with van der Waals surface area (Å²) >= 11 is 0. The summed E-state index contributed by atoms with van der Waals surface area (Å²) in [6, 6.07) is 10.6. The molecule has 0 fully saturated rings. The zero-order chi connectivity index (χ0) is 13.8. The third kappa shape index (κ3) is 2.71. The van der Waals surface area contributed by atoms with Gasteiger partial charge in [-0.1, -0.05) is 39.0 Å². The van der Waals surface area contributed by atoms with Gasteiger partial charge in [0.2, 0.25) is 0 Å². The lowest BCUT2D eigenvalue weighted by Gasteiger charge is -2.16. The molecular weight excluding hydrogens is 234 g/mol. The number of rotatable bonds is 5. The lowest BCUT2D eigenvalue weighted by atomic mass is 10.0. The van der Waals surface area contributed by atoms with E-state index in [1.54, 1.807) is 0 Å². The van der Waals surface area contributed by atoms with E-state index in [2.05, 4.69) is 43.7 Å². The number of hydrogen-bond acceptors (Lipinski definition) is 2. The van der Waals surface area contributed by atoms with Crippen LogP contribution in [0.5, 0.6) is 0 Å². The first-order valence-electron chi connectivity index (χ1n) is 7.13. The number of aromatic nitrogens is 2. The van der Waals surface area contributed by atoms with Gasteiger partial charge in [0.1, 0.15) is 0 Å². The Morgan fingerprint density at radius 1 is 1.16 bits per heavy atom. The van der Waals surface area contributed by atoms with Crippen molar-refractivity contribution in [2.75, 3.05) is 0 Å². The Kier molecular flexibility index (Phi) is 4.38. The van der Waals surface area contributed by atoms with Crippen molar-refractivity contribution < 1.29 is 0 Å². The molecule has 0 aliphatic heterocycles.